The number of methoxy groups -OCH3 is 2. The summed E-state index contributed by atoms with van der Waals surface area (Å²) in [5.74, 6) is 1.66. The van der Waals surface area contributed by atoms with Gasteiger partial charge in [-0.1, -0.05) is 0 Å². The first-order valence-electron chi connectivity index (χ1n) is 6.10. The van der Waals surface area contributed by atoms with E-state index in [0.717, 1.165) is 43.1 Å². The maximum Gasteiger partial charge on any atom is 0.184 e. The van der Waals surface area contributed by atoms with E-state index in [-0.39, 0.29) is 0 Å². The molecule has 0 fully saturated rings. The third kappa shape index (κ3) is 1.55. The molecule has 0 radical (unpaired) electrons. The van der Waals surface area contributed by atoms with E-state index in [0.29, 0.717) is 6.04 Å². The number of anilines is 1. The van der Waals surface area contributed by atoms with Crippen molar-refractivity contribution < 1.29 is 9.47 Å². The van der Waals surface area contributed by atoms with Crippen LogP contribution in [0.3, 0.4) is 0 Å². The van der Waals surface area contributed by atoms with Gasteiger partial charge in [0, 0.05) is 12.6 Å². The van der Waals surface area contributed by atoms with Crippen LogP contribution >= 0.6 is 0 Å². The van der Waals surface area contributed by atoms with E-state index in [9.17, 15) is 0 Å². The van der Waals surface area contributed by atoms with E-state index in [1.165, 1.54) is 11.1 Å². The monoisotopic (exact) mass is 234 g/mol. The maximum atomic E-state index is 5.49. The van der Waals surface area contributed by atoms with Gasteiger partial charge in [-0.3, -0.25) is 0 Å². The Hall–Kier alpha value is -1.42. The summed E-state index contributed by atoms with van der Waals surface area (Å²) in [7, 11) is 3.39. The lowest BCUT2D eigenvalue weighted by atomic mass is 9.88. The Kier molecular flexibility index (Phi) is 2.59. The molecule has 0 amide bonds. The van der Waals surface area contributed by atoms with Crippen molar-refractivity contribution in [2.75, 3.05) is 32.6 Å². The van der Waals surface area contributed by atoms with Crippen LogP contribution in [0, 0.1) is 0 Å². The number of hydrogen-bond donors (Lipinski definition) is 2. The molecule has 2 aliphatic heterocycles. The van der Waals surface area contributed by atoms with Crippen molar-refractivity contribution in [2.45, 2.75) is 18.9 Å². The van der Waals surface area contributed by atoms with Crippen molar-refractivity contribution in [3.05, 3.63) is 17.2 Å². The van der Waals surface area contributed by atoms with E-state index >= 15 is 0 Å². The number of rotatable bonds is 2. The van der Waals surface area contributed by atoms with E-state index in [2.05, 4.69) is 16.7 Å². The molecule has 92 valence electrons. The first-order valence-corrected chi connectivity index (χ1v) is 6.10. The molecule has 3 rings (SSSR count). The summed E-state index contributed by atoms with van der Waals surface area (Å²) < 4.78 is 10.9. The Balaban J connectivity index is 2.22. The van der Waals surface area contributed by atoms with Gasteiger partial charge in [0.1, 0.15) is 0 Å². The minimum Gasteiger partial charge on any atom is -0.493 e. The number of ether oxygens (including phenoxy) is 2. The lowest BCUT2D eigenvalue weighted by molar-refractivity contribution is 0.352. The second kappa shape index (κ2) is 4.11. The second-order valence-electron chi connectivity index (χ2n) is 4.53. The van der Waals surface area contributed by atoms with Gasteiger partial charge in [0.2, 0.25) is 0 Å². The number of benzene rings is 1. The van der Waals surface area contributed by atoms with Gasteiger partial charge in [-0.2, -0.15) is 0 Å². The molecular formula is C13H18N2O2. The lowest BCUT2D eigenvalue weighted by Gasteiger charge is -2.35. The van der Waals surface area contributed by atoms with Gasteiger partial charge >= 0.3 is 0 Å². The van der Waals surface area contributed by atoms with Crippen molar-refractivity contribution in [2.24, 2.45) is 0 Å². The highest BCUT2D eigenvalue weighted by Crippen LogP contribution is 2.46. The smallest absolute Gasteiger partial charge is 0.184 e. The molecule has 2 aliphatic rings. The lowest BCUT2D eigenvalue weighted by Crippen LogP contribution is -2.35. The molecule has 0 aromatic heterocycles. The summed E-state index contributed by atoms with van der Waals surface area (Å²) in [6, 6.07) is 2.59. The predicted octanol–water partition coefficient (Wildman–Crippen LogP) is 1.71. The van der Waals surface area contributed by atoms with Gasteiger partial charge < -0.3 is 20.1 Å². The fourth-order valence-corrected chi connectivity index (χ4v) is 2.91. The topological polar surface area (TPSA) is 42.5 Å². The third-order valence-corrected chi connectivity index (χ3v) is 3.66. The van der Waals surface area contributed by atoms with Gasteiger partial charge in [0.15, 0.2) is 11.5 Å². The molecular weight excluding hydrogens is 216 g/mol. The van der Waals surface area contributed by atoms with E-state index in [1.54, 1.807) is 14.2 Å². The second-order valence-corrected chi connectivity index (χ2v) is 4.53. The van der Waals surface area contributed by atoms with Crippen LogP contribution in [0.15, 0.2) is 6.07 Å². The van der Waals surface area contributed by atoms with Crippen LogP contribution in [0.2, 0.25) is 0 Å². The van der Waals surface area contributed by atoms with Crippen LogP contribution in [0.1, 0.15) is 23.6 Å². The molecule has 0 saturated carbocycles. The predicted molar refractivity (Wildman–Crippen MR) is 67.1 cm³/mol. The molecule has 2 N–H and O–H groups in total. The van der Waals surface area contributed by atoms with Crippen molar-refractivity contribution in [3.63, 3.8) is 0 Å². The fraction of sp³-hybridized carbons (Fsp3) is 0.538. The summed E-state index contributed by atoms with van der Waals surface area (Å²) in [5, 5.41) is 7.02. The van der Waals surface area contributed by atoms with Gasteiger partial charge in [-0.05, 0) is 36.6 Å². The minimum atomic E-state index is 0.467. The first kappa shape index (κ1) is 10.7. The molecule has 1 aromatic carbocycles. The zero-order valence-corrected chi connectivity index (χ0v) is 10.3. The molecule has 0 saturated heterocycles. The summed E-state index contributed by atoms with van der Waals surface area (Å²) in [6.07, 6.45) is 2.19. The highest BCUT2D eigenvalue weighted by Gasteiger charge is 2.30. The van der Waals surface area contributed by atoms with Crippen molar-refractivity contribution in [3.8, 4) is 11.5 Å². The van der Waals surface area contributed by atoms with Gasteiger partial charge in [0.05, 0.1) is 19.9 Å². The summed E-state index contributed by atoms with van der Waals surface area (Å²) in [6.45, 7) is 2.03. The quantitative estimate of drug-likeness (QED) is 0.817. The largest absolute Gasteiger partial charge is 0.493 e. The molecule has 4 heteroatoms. The Labute approximate surface area is 101 Å². The van der Waals surface area contributed by atoms with E-state index in [4.69, 9.17) is 9.47 Å². The molecule has 4 nitrogen and oxygen atoms in total. The standard InChI is InChI=1S/C13H18N2O2/c1-16-10-7-8-3-5-14-9-4-6-15-12(11(8)9)13(10)17-2/h7,9,14-15H,3-6H2,1-2H3. The Bertz CT molecular complexity index is 444. The molecule has 1 atom stereocenters. The van der Waals surface area contributed by atoms with Crippen LogP contribution < -0.4 is 20.1 Å². The summed E-state index contributed by atoms with van der Waals surface area (Å²) >= 11 is 0. The Morgan fingerprint density at radius 1 is 1.24 bits per heavy atom. The van der Waals surface area contributed by atoms with Crippen LogP contribution in [0.25, 0.3) is 0 Å². The van der Waals surface area contributed by atoms with Crippen molar-refractivity contribution in [1.82, 2.24) is 5.32 Å². The average molecular weight is 234 g/mol. The summed E-state index contributed by atoms with van der Waals surface area (Å²) in [5.41, 5.74) is 3.87. The molecule has 2 heterocycles. The normalized spacial score (nSPS) is 21.4. The molecule has 0 bridgehead atoms. The Morgan fingerprint density at radius 2 is 2.12 bits per heavy atom. The number of nitrogens with one attached hydrogen (secondary N) is 2. The SMILES string of the molecule is COc1cc2c3c(c1OC)NCCC3NCC2. The van der Waals surface area contributed by atoms with Crippen molar-refractivity contribution >= 4 is 5.69 Å². The zero-order chi connectivity index (χ0) is 11.8. The molecule has 0 spiro atoms. The minimum absolute atomic E-state index is 0.467. The molecule has 1 unspecified atom stereocenters. The molecule has 0 aliphatic carbocycles. The zero-order valence-electron chi connectivity index (χ0n) is 10.3. The van der Waals surface area contributed by atoms with E-state index < -0.39 is 0 Å². The molecule has 17 heavy (non-hydrogen) atoms. The van der Waals surface area contributed by atoms with Gasteiger partial charge in [-0.15, -0.1) is 0 Å². The van der Waals surface area contributed by atoms with Crippen molar-refractivity contribution in [1.29, 1.82) is 0 Å². The summed E-state index contributed by atoms with van der Waals surface area (Å²) in [4.78, 5) is 0. The number of hydrogen-bond acceptors (Lipinski definition) is 4. The Morgan fingerprint density at radius 3 is 2.88 bits per heavy atom. The van der Waals surface area contributed by atoms with Gasteiger partial charge in [0.25, 0.3) is 0 Å². The van der Waals surface area contributed by atoms with Gasteiger partial charge in [-0.25, -0.2) is 0 Å². The maximum absolute atomic E-state index is 5.49. The van der Waals surface area contributed by atoms with E-state index in [1.807, 2.05) is 0 Å². The van der Waals surface area contributed by atoms with Crippen LogP contribution in [-0.2, 0) is 6.42 Å². The van der Waals surface area contributed by atoms with Crippen LogP contribution in [-0.4, -0.2) is 27.3 Å². The van der Waals surface area contributed by atoms with Crippen LogP contribution in [0.5, 0.6) is 11.5 Å². The average Bonchev–Trinajstić information content (AvgIpc) is 2.39. The first-order chi connectivity index (χ1) is 8.35. The molecule has 1 aromatic rings. The fourth-order valence-electron chi connectivity index (χ4n) is 2.91. The highest BCUT2D eigenvalue weighted by molar-refractivity contribution is 5.72. The highest BCUT2D eigenvalue weighted by atomic mass is 16.5. The third-order valence-electron chi connectivity index (χ3n) is 3.66. The van der Waals surface area contributed by atoms with Crippen LogP contribution in [0.4, 0.5) is 5.69 Å².